The number of carbonyl (C=O) groups excluding carboxylic acids is 1. The summed E-state index contributed by atoms with van der Waals surface area (Å²) in [7, 11) is 0. The molecule has 1 unspecified atom stereocenters. The van der Waals surface area contributed by atoms with Crippen molar-refractivity contribution in [3.63, 3.8) is 0 Å². The first kappa shape index (κ1) is 14.7. The van der Waals surface area contributed by atoms with Crippen LogP contribution in [-0.4, -0.2) is 31.5 Å². The molecule has 0 bridgehead atoms. The van der Waals surface area contributed by atoms with Crippen molar-refractivity contribution in [3.05, 3.63) is 37.1 Å². The number of aliphatic carboxylic acids is 1. The van der Waals surface area contributed by atoms with Crippen LogP contribution in [0.4, 0.5) is 5.69 Å². The monoisotopic (exact) mass is 288 g/mol. The van der Waals surface area contributed by atoms with E-state index in [4.69, 9.17) is 5.11 Å². The summed E-state index contributed by atoms with van der Waals surface area (Å²) in [5, 5.41) is 11.4. The van der Waals surface area contributed by atoms with Crippen molar-refractivity contribution < 1.29 is 14.7 Å². The summed E-state index contributed by atoms with van der Waals surface area (Å²) in [6.45, 7) is 1.73. The van der Waals surface area contributed by atoms with Gasteiger partial charge < -0.3 is 10.4 Å². The van der Waals surface area contributed by atoms with Gasteiger partial charge in [0.2, 0.25) is 5.91 Å². The molecule has 1 atom stereocenters. The van der Waals surface area contributed by atoms with Crippen molar-refractivity contribution in [2.75, 3.05) is 5.32 Å². The zero-order chi connectivity index (χ0) is 15.2. The van der Waals surface area contributed by atoms with Gasteiger partial charge in [-0.1, -0.05) is 6.92 Å². The molecule has 2 rings (SSSR count). The zero-order valence-electron chi connectivity index (χ0n) is 11.6. The highest BCUT2D eigenvalue weighted by molar-refractivity contribution is 5.90. The first-order valence-electron chi connectivity index (χ1n) is 6.50. The lowest BCUT2D eigenvalue weighted by Crippen LogP contribution is -2.17. The van der Waals surface area contributed by atoms with Crippen LogP contribution in [-0.2, 0) is 9.59 Å². The van der Waals surface area contributed by atoms with E-state index in [1.54, 1.807) is 48.5 Å². The average molecular weight is 288 g/mol. The van der Waals surface area contributed by atoms with Crippen molar-refractivity contribution >= 4 is 17.6 Å². The maximum Gasteiger partial charge on any atom is 0.303 e. The number of rotatable bonds is 6. The number of imidazole rings is 1. The molecule has 0 spiro atoms. The Hall–Kier alpha value is -2.70. The molecule has 2 aromatic rings. The Morgan fingerprint density at radius 3 is 2.76 bits per heavy atom. The van der Waals surface area contributed by atoms with Crippen LogP contribution in [0.5, 0.6) is 0 Å². The van der Waals surface area contributed by atoms with Crippen LogP contribution in [0.25, 0.3) is 5.82 Å². The molecule has 0 aromatic carbocycles. The van der Waals surface area contributed by atoms with Gasteiger partial charge in [-0.05, 0) is 18.1 Å². The molecule has 0 radical (unpaired) electrons. The van der Waals surface area contributed by atoms with Gasteiger partial charge in [-0.2, -0.15) is 0 Å². The van der Waals surface area contributed by atoms with E-state index in [0.717, 1.165) is 0 Å². The normalized spacial score (nSPS) is 11.9. The van der Waals surface area contributed by atoms with E-state index in [9.17, 15) is 9.59 Å². The number of anilines is 1. The summed E-state index contributed by atoms with van der Waals surface area (Å²) in [4.78, 5) is 30.5. The number of hydrogen-bond donors (Lipinski definition) is 2. The fourth-order valence-corrected chi connectivity index (χ4v) is 1.91. The number of amides is 1. The molecule has 0 aliphatic rings. The number of pyridine rings is 1. The van der Waals surface area contributed by atoms with E-state index >= 15 is 0 Å². The third kappa shape index (κ3) is 4.41. The SMILES string of the molecule is CC(CC(=O)O)CC(=O)Nc1ccc(-n2ccnc2)nc1. The number of nitrogens with one attached hydrogen (secondary N) is 1. The van der Waals surface area contributed by atoms with Crippen LogP contribution in [0, 0.1) is 5.92 Å². The lowest BCUT2D eigenvalue weighted by molar-refractivity contribution is -0.138. The van der Waals surface area contributed by atoms with Crippen molar-refractivity contribution in [2.24, 2.45) is 5.92 Å². The predicted octanol–water partition coefficient (Wildman–Crippen LogP) is 1.71. The van der Waals surface area contributed by atoms with Gasteiger partial charge in [-0.25, -0.2) is 9.97 Å². The number of aromatic nitrogens is 3. The molecule has 2 heterocycles. The van der Waals surface area contributed by atoms with Crippen molar-refractivity contribution in [2.45, 2.75) is 19.8 Å². The maximum atomic E-state index is 11.8. The van der Waals surface area contributed by atoms with Crippen LogP contribution < -0.4 is 5.32 Å². The number of nitrogens with zero attached hydrogens (tertiary/aromatic N) is 3. The Morgan fingerprint density at radius 1 is 1.38 bits per heavy atom. The van der Waals surface area contributed by atoms with Crippen LogP contribution in [0.3, 0.4) is 0 Å². The summed E-state index contributed by atoms with van der Waals surface area (Å²) in [5.74, 6) is -0.631. The molecular weight excluding hydrogens is 272 g/mol. The van der Waals surface area contributed by atoms with Crippen LogP contribution in [0.15, 0.2) is 37.1 Å². The van der Waals surface area contributed by atoms with Crippen LogP contribution in [0.1, 0.15) is 19.8 Å². The lowest BCUT2D eigenvalue weighted by atomic mass is 10.0. The maximum absolute atomic E-state index is 11.8. The summed E-state index contributed by atoms with van der Waals surface area (Å²) in [6, 6.07) is 3.50. The molecule has 7 heteroatoms. The summed E-state index contributed by atoms with van der Waals surface area (Å²) < 4.78 is 1.75. The van der Waals surface area contributed by atoms with E-state index in [2.05, 4.69) is 15.3 Å². The molecule has 21 heavy (non-hydrogen) atoms. The van der Waals surface area contributed by atoms with Gasteiger partial charge in [-0.3, -0.25) is 14.2 Å². The molecule has 0 saturated carbocycles. The third-order valence-electron chi connectivity index (χ3n) is 2.86. The van der Waals surface area contributed by atoms with Gasteiger partial charge in [-0.15, -0.1) is 0 Å². The third-order valence-corrected chi connectivity index (χ3v) is 2.86. The highest BCUT2D eigenvalue weighted by Gasteiger charge is 2.12. The highest BCUT2D eigenvalue weighted by atomic mass is 16.4. The molecular formula is C14H16N4O3. The molecule has 2 N–H and O–H groups in total. The fraction of sp³-hybridized carbons (Fsp3) is 0.286. The van der Waals surface area contributed by atoms with Gasteiger partial charge in [0, 0.05) is 25.2 Å². The second-order valence-corrected chi connectivity index (χ2v) is 4.83. The minimum absolute atomic E-state index is 0.0226. The van der Waals surface area contributed by atoms with E-state index in [1.807, 2.05) is 0 Å². The Labute approximate surface area is 121 Å². The standard InChI is InChI=1S/C14H16N4O3/c1-10(7-14(20)21)6-13(19)17-11-2-3-12(16-8-11)18-5-4-15-9-18/h2-5,8-10H,6-7H2,1H3,(H,17,19)(H,20,21). The number of carbonyl (C=O) groups is 2. The largest absolute Gasteiger partial charge is 0.481 e. The van der Waals surface area contributed by atoms with Crippen molar-refractivity contribution in [1.29, 1.82) is 0 Å². The summed E-state index contributed by atoms with van der Waals surface area (Å²) >= 11 is 0. The Bertz CT molecular complexity index is 608. The number of hydrogen-bond acceptors (Lipinski definition) is 4. The average Bonchev–Trinajstić information content (AvgIpc) is 2.92. The summed E-state index contributed by atoms with van der Waals surface area (Å²) in [5.41, 5.74) is 0.575. The molecule has 7 nitrogen and oxygen atoms in total. The van der Waals surface area contributed by atoms with Crippen molar-refractivity contribution in [3.8, 4) is 5.82 Å². The zero-order valence-corrected chi connectivity index (χ0v) is 11.6. The Kier molecular flexibility index (Phi) is 4.65. The second-order valence-electron chi connectivity index (χ2n) is 4.83. The minimum Gasteiger partial charge on any atom is -0.481 e. The van der Waals surface area contributed by atoms with Crippen molar-refractivity contribution in [1.82, 2.24) is 14.5 Å². The molecule has 0 aliphatic heterocycles. The lowest BCUT2D eigenvalue weighted by Gasteiger charge is -2.09. The second kappa shape index (κ2) is 6.65. The summed E-state index contributed by atoms with van der Waals surface area (Å²) in [6.07, 6.45) is 6.75. The highest BCUT2D eigenvalue weighted by Crippen LogP contribution is 2.12. The van der Waals surface area contributed by atoms with Gasteiger partial charge >= 0.3 is 5.97 Å². The van der Waals surface area contributed by atoms with Gasteiger partial charge in [0.05, 0.1) is 11.9 Å². The van der Waals surface area contributed by atoms with E-state index in [0.29, 0.717) is 11.5 Å². The first-order chi connectivity index (χ1) is 10.0. The van der Waals surface area contributed by atoms with Gasteiger partial charge in [0.25, 0.3) is 0 Å². The van der Waals surface area contributed by atoms with E-state index < -0.39 is 5.97 Å². The molecule has 0 fully saturated rings. The number of carboxylic acids is 1. The predicted molar refractivity (Wildman–Crippen MR) is 76.0 cm³/mol. The molecule has 110 valence electrons. The number of carboxylic acid groups (broad SMARTS) is 1. The van der Waals surface area contributed by atoms with E-state index in [1.165, 1.54) is 0 Å². The smallest absolute Gasteiger partial charge is 0.303 e. The molecule has 0 aliphatic carbocycles. The fourth-order valence-electron chi connectivity index (χ4n) is 1.91. The van der Waals surface area contributed by atoms with E-state index in [-0.39, 0.29) is 24.7 Å². The molecule has 1 amide bonds. The van der Waals surface area contributed by atoms with Gasteiger partial charge in [0.1, 0.15) is 12.1 Å². The molecule has 0 saturated heterocycles. The minimum atomic E-state index is -0.901. The van der Waals surface area contributed by atoms with Gasteiger partial charge in [0.15, 0.2) is 0 Å². The van der Waals surface area contributed by atoms with Crippen LogP contribution in [0.2, 0.25) is 0 Å². The Balaban J connectivity index is 1.91. The van der Waals surface area contributed by atoms with Crippen LogP contribution >= 0.6 is 0 Å². The quantitative estimate of drug-likeness (QED) is 0.843. The Morgan fingerprint density at radius 2 is 2.19 bits per heavy atom. The first-order valence-corrected chi connectivity index (χ1v) is 6.50. The molecule has 2 aromatic heterocycles. The topological polar surface area (TPSA) is 97.1 Å².